The Kier molecular flexibility index (Phi) is 3.62. The molecule has 1 aromatic carbocycles. The molecule has 2 rings (SSSR count). The molecule has 0 spiro atoms. The van der Waals surface area contributed by atoms with Crippen LogP contribution in [0.2, 0.25) is 0 Å². The van der Waals surface area contributed by atoms with Gasteiger partial charge in [-0.15, -0.1) is 0 Å². The van der Waals surface area contributed by atoms with Crippen LogP contribution in [0.5, 0.6) is 0 Å². The monoisotopic (exact) mass is 397 g/mol. The third-order valence-corrected chi connectivity index (χ3v) is 4.05. The van der Waals surface area contributed by atoms with Crippen LogP contribution in [-0.2, 0) is 4.79 Å². The number of amides is 1. The molecule has 1 unspecified atom stereocenters. The highest BCUT2D eigenvalue weighted by Gasteiger charge is 2.29. The number of rotatable bonds is 1. The minimum atomic E-state index is 0.158. The normalized spacial score (nSPS) is 21.1. The summed E-state index contributed by atoms with van der Waals surface area (Å²) >= 11 is 10.0. The highest BCUT2D eigenvalue weighted by Crippen LogP contribution is 2.30. The summed E-state index contributed by atoms with van der Waals surface area (Å²) in [5.41, 5.74) is 0.978. The van der Waals surface area contributed by atoms with Crippen molar-refractivity contribution in [2.75, 3.05) is 11.4 Å². The smallest absolute Gasteiger partial charge is 0.228 e. The number of benzene rings is 1. The molecular formula is C10H9BrINOS. The first-order valence-corrected chi connectivity index (χ1v) is 6.90. The summed E-state index contributed by atoms with van der Waals surface area (Å²) in [4.78, 5) is 13.5. The Hall–Kier alpha value is 0.250. The van der Waals surface area contributed by atoms with Crippen molar-refractivity contribution in [1.82, 2.24) is 0 Å². The van der Waals surface area contributed by atoms with Crippen LogP contribution in [0.4, 0.5) is 5.69 Å². The van der Waals surface area contributed by atoms with Crippen LogP contribution in [-0.4, -0.2) is 17.7 Å². The minimum absolute atomic E-state index is 0.158. The summed E-state index contributed by atoms with van der Waals surface area (Å²) < 4.78 is 2.08. The second-order valence-corrected chi connectivity index (χ2v) is 6.27. The summed E-state index contributed by atoms with van der Waals surface area (Å²) in [6.45, 7) is 0.703. The molecule has 1 saturated heterocycles. The molecule has 1 aromatic rings. The Balaban J connectivity index is 2.37. The van der Waals surface area contributed by atoms with Gasteiger partial charge in [-0.25, -0.2) is 0 Å². The van der Waals surface area contributed by atoms with Crippen LogP contribution in [0.3, 0.4) is 0 Å². The summed E-state index contributed by atoms with van der Waals surface area (Å²) in [6.07, 6.45) is 0.533. The number of carbonyl (C=O) groups is 1. The van der Waals surface area contributed by atoms with Crippen LogP contribution < -0.4 is 4.90 Å². The molecule has 2 nitrogen and oxygen atoms in total. The number of carbonyl (C=O) groups excluding carboxylic acids is 1. The number of thiol groups is 1. The fraction of sp³-hybridized carbons (Fsp3) is 0.300. The summed E-state index contributed by atoms with van der Waals surface area (Å²) in [5, 5.41) is 0.160. The largest absolute Gasteiger partial charge is 0.310 e. The molecule has 15 heavy (non-hydrogen) atoms. The first kappa shape index (κ1) is 11.7. The Bertz CT molecular complexity index is 412. The van der Waals surface area contributed by atoms with Crippen molar-refractivity contribution in [3.8, 4) is 0 Å². The van der Waals surface area contributed by atoms with Crippen molar-refractivity contribution in [3.05, 3.63) is 26.2 Å². The van der Waals surface area contributed by atoms with Gasteiger partial charge in [0.2, 0.25) is 5.91 Å². The molecule has 1 aliphatic heterocycles. The molecular weight excluding hydrogens is 389 g/mol. The van der Waals surface area contributed by atoms with Gasteiger partial charge >= 0.3 is 0 Å². The van der Waals surface area contributed by atoms with Crippen LogP contribution in [0.25, 0.3) is 0 Å². The van der Waals surface area contributed by atoms with E-state index in [1.165, 1.54) is 0 Å². The zero-order valence-electron chi connectivity index (χ0n) is 7.78. The number of halogens is 2. The zero-order valence-corrected chi connectivity index (χ0v) is 12.4. The van der Waals surface area contributed by atoms with Crippen molar-refractivity contribution in [2.24, 2.45) is 0 Å². The van der Waals surface area contributed by atoms with E-state index in [4.69, 9.17) is 0 Å². The van der Waals surface area contributed by atoms with E-state index in [1.54, 1.807) is 0 Å². The molecule has 80 valence electrons. The molecule has 1 fully saturated rings. The van der Waals surface area contributed by atoms with Gasteiger partial charge < -0.3 is 4.90 Å². The fourth-order valence-corrected chi connectivity index (χ4v) is 2.91. The number of anilines is 1. The van der Waals surface area contributed by atoms with E-state index in [1.807, 2.05) is 23.1 Å². The fourth-order valence-electron chi connectivity index (χ4n) is 1.61. The third kappa shape index (κ3) is 2.50. The van der Waals surface area contributed by atoms with Crippen molar-refractivity contribution in [1.29, 1.82) is 0 Å². The number of nitrogens with zero attached hydrogens (tertiary/aromatic N) is 1. The molecule has 0 radical (unpaired) electrons. The maximum atomic E-state index is 11.7. The SMILES string of the molecule is O=C1CC(S)CN1c1cc(Br)ccc1I. The molecule has 0 bridgehead atoms. The third-order valence-electron chi connectivity index (χ3n) is 2.30. The molecule has 0 aromatic heterocycles. The van der Waals surface area contributed by atoms with E-state index < -0.39 is 0 Å². The Morgan fingerprint density at radius 2 is 2.27 bits per heavy atom. The second-order valence-electron chi connectivity index (χ2n) is 3.46. The van der Waals surface area contributed by atoms with Gasteiger partial charge in [0, 0.05) is 26.3 Å². The zero-order chi connectivity index (χ0) is 11.0. The maximum absolute atomic E-state index is 11.7. The second kappa shape index (κ2) is 4.63. The van der Waals surface area contributed by atoms with Gasteiger partial charge in [0.25, 0.3) is 0 Å². The van der Waals surface area contributed by atoms with E-state index in [2.05, 4.69) is 51.1 Å². The summed E-state index contributed by atoms with van der Waals surface area (Å²) in [6, 6.07) is 5.95. The van der Waals surface area contributed by atoms with Crippen LogP contribution >= 0.6 is 51.1 Å². The average Bonchev–Trinajstić information content (AvgIpc) is 2.50. The molecule has 0 saturated carbocycles. The Labute approximate surface area is 116 Å². The standard InChI is InChI=1S/C10H9BrINOS/c11-6-1-2-8(12)9(3-6)13-5-7(15)4-10(13)14/h1-3,7,15H,4-5H2. The predicted molar refractivity (Wildman–Crippen MR) is 76.6 cm³/mol. The van der Waals surface area contributed by atoms with Gasteiger partial charge in [-0.05, 0) is 40.8 Å². The van der Waals surface area contributed by atoms with Gasteiger partial charge in [0.1, 0.15) is 0 Å². The van der Waals surface area contributed by atoms with E-state index in [0.29, 0.717) is 13.0 Å². The van der Waals surface area contributed by atoms with E-state index in [0.717, 1.165) is 13.7 Å². The van der Waals surface area contributed by atoms with Crippen molar-refractivity contribution >= 4 is 62.7 Å². The topological polar surface area (TPSA) is 20.3 Å². The van der Waals surface area contributed by atoms with Gasteiger partial charge in [-0.1, -0.05) is 15.9 Å². The Morgan fingerprint density at radius 3 is 2.87 bits per heavy atom. The van der Waals surface area contributed by atoms with Gasteiger partial charge in [0.05, 0.1) is 5.69 Å². The van der Waals surface area contributed by atoms with Crippen LogP contribution in [0.1, 0.15) is 6.42 Å². The van der Waals surface area contributed by atoms with Crippen molar-refractivity contribution in [2.45, 2.75) is 11.7 Å². The summed E-state index contributed by atoms with van der Waals surface area (Å²) in [7, 11) is 0. The molecule has 5 heteroatoms. The van der Waals surface area contributed by atoms with Crippen LogP contribution in [0.15, 0.2) is 22.7 Å². The molecule has 1 atom stereocenters. The highest BCUT2D eigenvalue weighted by atomic mass is 127. The number of hydrogen-bond acceptors (Lipinski definition) is 2. The average molecular weight is 398 g/mol. The lowest BCUT2D eigenvalue weighted by Gasteiger charge is -2.18. The molecule has 1 heterocycles. The van der Waals surface area contributed by atoms with Crippen molar-refractivity contribution < 1.29 is 4.79 Å². The molecule has 1 amide bonds. The van der Waals surface area contributed by atoms with E-state index in [9.17, 15) is 4.79 Å². The first-order chi connectivity index (χ1) is 7.08. The maximum Gasteiger partial charge on any atom is 0.228 e. The van der Waals surface area contributed by atoms with Gasteiger partial charge in [-0.2, -0.15) is 12.6 Å². The van der Waals surface area contributed by atoms with Crippen molar-refractivity contribution in [3.63, 3.8) is 0 Å². The van der Waals surface area contributed by atoms with Crippen LogP contribution in [0, 0.1) is 3.57 Å². The highest BCUT2D eigenvalue weighted by molar-refractivity contribution is 14.1. The predicted octanol–water partition coefficient (Wildman–Crippen LogP) is 3.09. The number of hydrogen-bond donors (Lipinski definition) is 1. The van der Waals surface area contributed by atoms with E-state index >= 15 is 0 Å². The van der Waals surface area contributed by atoms with Gasteiger partial charge in [0.15, 0.2) is 0 Å². The van der Waals surface area contributed by atoms with Gasteiger partial charge in [-0.3, -0.25) is 4.79 Å². The quantitative estimate of drug-likeness (QED) is 0.570. The lowest BCUT2D eigenvalue weighted by molar-refractivity contribution is -0.117. The minimum Gasteiger partial charge on any atom is -0.310 e. The summed E-state index contributed by atoms with van der Waals surface area (Å²) in [5.74, 6) is 0.158. The lowest BCUT2D eigenvalue weighted by Crippen LogP contribution is -2.25. The Morgan fingerprint density at radius 1 is 1.53 bits per heavy atom. The van der Waals surface area contributed by atoms with E-state index in [-0.39, 0.29) is 11.2 Å². The molecule has 0 N–H and O–H groups in total. The first-order valence-electron chi connectivity index (χ1n) is 4.51. The molecule has 1 aliphatic rings. The lowest BCUT2D eigenvalue weighted by atomic mass is 10.3. The molecule has 0 aliphatic carbocycles.